The summed E-state index contributed by atoms with van der Waals surface area (Å²) in [5.41, 5.74) is 8.61. The van der Waals surface area contributed by atoms with Gasteiger partial charge in [-0.15, -0.1) is 5.10 Å². The highest BCUT2D eigenvalue weighted by Gasteiger charge is 2.05. The molecule has 13 heavy (non-hydrogen) atoms. The van der Waals surface area contributed by atoms with Crippen LogP contribution >= 0.6 is 0 Å². The van der Waals surface area contributed by atoms with Crippen LogP contribution in [0.5, 0.6) is 0 Å². The summed E-state index contributed by atoms with van der Waals surface area (Å²) in [6.45, 7) is 1.84. The summed E-state index contributed by atoms with van der Waals surface area (Å²) in [4.78, 5) is 0. The molecule has 5 N–H and O–H groups in total. The zero-order valence-corrected chi connectivity index (χ0v) is 7.21. The first-order valence-corrected chi connectivity index (χ1v) is 3.70. The molecule has 1 aromatic carbocycles. The van der Waals surface area contributed by atoms with Gasteiger partial charge in [-0.1, -0.05) is 11.6 Å². The maximum atomic E-state index is 13.1. The second-order valence-corrected chi connectivity index (χ2v) is 2.61. The SMILES string of the molecule is Cc1ccc(F)c(/C(N)=N/NN)c1.[HH]. The Morgan fingerprint density at radius 3 is 2.92 bits per heavy atom. The highest BCUT2D eigenvalue weighted by molar-refractivity contribution is 5.97. The number of nitrogens with zero attached hydrogens (tertiary/aromatic N) is 1. The van der Waals surface area contributed by atoms with Gasteiger partial charge in [0.1, 0.15) is 5.82 Å². The molecule has 0 heterocycles. The number of aryl methyl sites for hydroxylation is 1. The van der Waals surface area contributed by atoms with E-state index in [1.54, 1.807) is 12.1 Å². The molecule has 0 aliphatic rings. The number of rotatable bonds is 2. The summed E-state index contributed by atoms with van der Waals surface area (Å²) in [7, 11) is 0. The van der Waals surface area contributed by atoms with E-state index in [1.165, 1.54) is 6.07 Å². The monoisotopic (exact) mass is 184 g/mol. The first kappa shape index (κ1) is 9.47. The lowest BCUT2D eigenvalue weighted by atomic mass is 10.1. The molecule has 1 rings (SSSR count). The van der Waals surface area contributed by atoms with Crippen LogP contribution in [-0.4, -0.2) is 5.84 Å². The van der Waals surface area contributed by atoms with Crippen molar-refractivity contribution in [3.63, 3.8) is 0 Å². The van der Waals surface area contributed by atoms with Crippen molar-refractivity contribution in [2.45, 2.75) is 6.92 Å². The lowest BCUT2D eigenvalue weighted by Gasteiger charge is -2.02. The maximum absolute atomic E-state index is 13.1. The minimum Gasteiger partial charge on any atom is -0.382 e. The third-order valence-corrected chi connectivity index (χ3v) is 1.58. The number of nitrogens with one attached hydrogen (secondary N) is 1. The number of nitrogens with two attached hydrogens (primary N) is 2. The van der Waals surface area contributed by atoms with Crippen molar-refractivity contribution in [2.75, 3.05) is 0 Å². The van der Waals surface area contributed by atoms with Crippen LogP contribution in [0, 0.1) is 12.7 Å². The smallest absolute Gasteiger partial charge is 0.155 e. The summed E-state index contributed by atoms with van der Waals surface area (Å²) in [5, 5.41) is 3.48. The van der Waals surface area contributed by atoms with Crippen molar-refractivity contribution in [1.29, 1.82) is 0 Å². The van der Waals surface area contributed by atoms with Gasteiger partial charge in [-0.3, -0.25) is 0 Å². The van der Waals surface area contributed by atoms with Crippen LogP contribution in [0.15, 0.2) is 23.3 Å². The van der Waals surface area contributed by atoms with E-state index >= 15 is 0 Å². The molecule has 5 heteroatoms. The highest BCUT2D eigenvalue weighted by Crippen LogP contribution is 2.08. The average molecular weight is 184 g/mol. The van der Waals surface area contributed by atoms with E-state index in [2.05, 4.69) is 5.10 Å². The number of hydrogen-bond donors (Lipinski definition) is 3. The number of halogens is 1. The van der Waals surface area contributed by atoms with E-state index in [9.17, 15) is 4.39 Å². The lowest BCUT2D eigenvalue weighted by Crippen LogP contribution is -2.23. The molecule has 0 amide bonds. The summed E-state index contributed by atoms with van der Waals surface area (Å²) < 4.78 is 13.1. The van der Waals surface area contributed by atoms with Gasteiger partial charge in [0.25, 0.3) is 0 Å². The van der Waals surface area contributed by atoms with E-state index < -0.39 is 5.82 Å². The molecule has 0 atom stereocenters. The Morgan fingerprint density at radius 1 is 1.62 bits per heavy atom. The van der Waals surface area contributed by atoms with Crippen LogP contribution in [0.25, 0.3) is 0 Å². The zero-order chi connectivity index (χ0) is 9.84. The largest absolute Gasteiger partial charge is 0.382 e. The number of hydrazone groups is 1. The van der Waals surface area contributed by atoms with E-state index in [0.29, 0.717) is 0 Å². The van der Waals surface area contributed by atoms with Gasteiger partial charge in [0.15, 0.2) is 5.84 Å². The van der Waals surface area contributed by atoms with Gasteiger partial charge < -0.3 is 5.73 Å². The quantitative estimate of drug-likeness (QED) is 0.270. The van der Waals surface area contributed by atoms with Gasteiger partial charge >= 0.3 is 0 Å². The second-order valence-electron chi connectivity index (χ2n) is 2.61. The molecule has 0 spiro atoms. The van der Waals surface area contributed by atoms with Crippen LogP contribution in [0.2, 0.25) is 0 Å². The Labute approximate surface area is 76.9 Å². The molecule has 4 nitrogen and oxygen atoms in total. The molecule has 0 unspecified atom stereocenters. The third-order valence-electron chi connectivity index (χ3n) is 1.58. The van der Waals surface area contributed by atoms with Crippen LogP contribution in [0.4, 0.5) is 4.39 Å². The molecule has 0 radical (unpaired) electrons. The Bertz CT molecular complexity index is 340. The van der Waals surface area contributed by atoms with E-state index in [-0.39, 0.29) is 12.8 Å². The van der Waals surface area contributed by atoms with Gasteiger partial charge in [0.05, 0.1) is 5.56 Å². The molecule has 0 aromatic heterocycles. The van der Waals surface area contributed by atoms with Crippen LogP contribution in [0.1, 0.15) is 12.6 Å². The molecule has 0 saturated heterocycles. The Hall–Kier alpha value is -1.62. The summed E-state index contributed by atoms with van der Waals surface area (Å²) in [5.74, 6) is 4.53. The fraction of sp³-hybridized carbons (Fsp3) is 0.125. The minimum atomic E-state index is -0.415. The van der Waals surface area contributed by atoms with Crippen molar-refractivity contribution in [3.8, 4) is 0 Å². The maximum Gasteiger partial charge on any atom is 0.155 e. The molecule has 72 valence electrons. The summed E-state index contributed by atoms with van der Waals surface area (Å²) in [6.07, 6.45) is 0. The van der Waals surface area contributed by atoms with Crippen molar-refractivity contribution in [2.24, 2.45) is 16.7 Å². The topological polar surface area (TPSA) is 76.4 Å². The fourth-order valence-corrected chi connectivity index (χ4v) is 0.965. The van der Waals surface area contributed by atoms with Gasteiger partial charge in [-0.05, 0) is 19.1 Å². The Morgan fingerprint density at radius 2 is 2.31 bits per heavy atom. The van der Waals surface area contributed by atoms with Crippen LogP contribution in [0.3, 0.4) is 0 Å². The number of benzene rings is 1. The Balaban J connectivity index is 0.00000169. The number of hydrazine groups is 1. The van der Waals surface area contributed by atoms with Gasteiger partial charge in [-0.25, -0.2) is 15.8 Å². The summed E-state index contributed by atoms with van der Waals surface area (Å²) in [6, 6.07) is 4.59. The third kappa shape index (κ3) is 2.16. The first-order valence-electron chi connectivity index (χ1n) is 3.70. The molecule has 0 saturated carbocycles. The molecular formula is C8H13FN4. The van der Waals surface area contributed by atoms with E-state index in [0.717, 1.165) is 5.56 Å². The van der Waals surface area contributed by atoms with Crippen LogP contribution < -0.4 is 17.1 Å². The lowest BCUT2D eigenvalue weighted by molar-refractivity contribution is 0.624. The average Bonchev–Trinajstić information content (AvgIpc) is 2.09. The van der Waals surface area contributed by atoms with Crippen molar-refractivity contribution in [3.05, 3.63) is 35.1 Å². The molecule has 0 aliphatic carbocycles. The number of hydrogen-bond acceptors (Lipinski definition) is 3. The highest BCUT2D eigenvalue weighted by atomic mass is 19.1. The standard InChI is InChI=1S/C8H11FN4.H2/c1-5-2-3-7(9)6(4-5)8(10)12-13-11;/h2-4,13H,11H2,1H3,(H2,10,12);1H. The van der Waals surface area contributed by atoms with E-state index in [1.807, 2.05) is 12.5 Å². The summed E-state index contributed by atoms with van der Waals surface area (Å²) >= 11 is 0. The molecule has 0 aliphatic heterocycles. The van der Waals surface area contributed by atoms with Crippen molar-refractivity contribution < 1.29 is 5.82 Å². The molecule has 0 fully saturated rings. The zero-order valence-electron chi connectivity index (χ0n) is 7.21. The van der Waals surface area contributed by atoms with E-state index in [4.69, 9.17) is 11.6 Å². The van der Waals surface area contributed by atoms with Gasteiger partial charge in [0.2, 0.25) is 0 Å². The predicted molar refractivity (Wildman–Crippen MR) is 51.3 cm³/mol. The van der Waals surface area contributed by atoms with Crippen molar-refractivity contribution in [1.82, 2.24) is 5.53 Å². The normalized spacial score (nSPS) is 11.5. The molecule has 1 aromatic rings. The fourth-order valence-electron chi connectivity index (χ4n) is 0.965. The van der Waals surface area contributed by atoms with Gasteiger partial charge in [0, 0.05) is 1.43 Å². The second kappa shape index (κ2) is 3.86. The Kier molecular flexibility index (Phi) is 2.81. The van der Waals surface area contributed by atoms with Gasteiger partial charge in [-0.2, -0.15) is 0 Å². The van der Waals surface area contributed by atoms with Crippen LogP contribution in [-0.2, 0) is 0 Å². The first-order chi connectivity index (χ1) is 6.15. The minimum absolute atomic E-state index is 0. The predicted octanol–water partition coefficient (Wildman–Crippen LogP) is 0.464. The molecular weight excluding hydrogens is 171 g/mol. The number of amidine groups is 1. The molecule has 0 bridgehead atoms. The van der Waals surface area contributed by atoms with Crippen molar-refractivity contribution >= 4 is 5.84 Å².